The molecule has 0 saturated heterocycles. The van der Waals surface area contributed by atoms with E-state index in [1.807, 2.05) is 6.07 Å². The van der Waals surface area contributed by atoms with Crippen molar-refractivity contribution in [1.82, 2.24) is 4.90 Å². The summed E-state index contributed by atoms with van der Waals surface area (Å²) in [5, 5.41) is 10.6. The Morgan fingerprint density at radius 2 is 1.89 bits per heavy atom. The lowest BCUT2D eigenvalue weighted by molar-refractivity contribution is -0.129. The first-order valence-electron chi connectivity index (χ1n) is 10.7. The average Bonchev–Trinajstić information content (AvgIpc) is 2.98. The van der Waals surface area contributed by atoms with E-state index in [1.165, 1.54) is 11.1 Å². The van der Waals surface area contributed by atoms with Crippen LogP contribution in [0, 0.1) is 17.3 Å². The number of ketones is 1. The highest BCUT2D eigenvalue weighted by molar-refractivity contribution is 6.18. The molecule has 1 N–H and O–H groups in total. The van der Waals surface area contributed by atoms with Gasteiger partial charge < -0.3 is 5.11 Å². The highest BCUT2D eigenvalue weighted by Crippen LogP contribution is 2.59. The number of aromatic hydroxyl groups is 1. The summed E-state index contributed by atoms with van der Waals surface area (Å²) in [6.07, 6.45) is 6.10. The van der Waals surface area contributed by atoms with Gasteiger partial charge in [0.25, 0.3) is 0 Å². The standard InChI is InChI=1S/C23H31Cl2NO2/c1-23-7-6-17-18(20(23)4-5-22(23)28)3-2-15-13-21(27)16(12-19(15)17)14-26(10-8-24)11-9-25/h12-13,17-18,20,27H,2-11,14H2,1H3/t17-,18-,20-,23+/m0/s1. The molecule has 3 nitrogen and oxygen atoms in total. The molecule has 4 atom stereocenters. The van der Waals surface area contributed by atoms with Gasteiger partial charge in [0.1, 0.15) is 11.5 Å². The Kier molecular flexibility index (Phi) is 5.98. The quantitative estimate of drug-likeness (QED) is 0.647. The van der Waals surface area contributed by atoms with Crippen molar-refractivity contribution in [2.45, 2.75) is 57.9 Å². The molecule has 0 aliphatic heterocycles. The molecule has 3 aliphatic carbocycles. The third-order valence-electron chi connectivity index (χ3n) is 7.83. The number of halogens is 2. The molecule has 0 amide bonds. The zero-order valence-corrected chi connectivity index (χ0v) is 18.2. The molecule has 1 aromatic rings. The van der Waals surface area contributed by atoms with E-state index in [1.54, 1.807) is 0 Å². The molecule has 1 aromatic carbocycles. The molecule has 3 aliphatic rings. The summed E-state index contributed by atoms with van der Waals surface area (Å²) < 4.78 is 0. The van der Waals surface area contributed by atoms with Crippen molar-refractivity contribution >= 4 is 29.0 Å². The monoisotopic (exact) mass is 423 g/mol. The minimum atomic E-state index is -0.0874. The van der Waals surface area contributed by atoms with E-state index < -0.39 is 0 Å². The number of phenols is 1. The van der Waals surface area contributed by atoms with Gasteiger partial charge in [0.2, 0.25) is 0 Å². The Morgan fingerprint density at radius 3 is 2.61 bits per heavy atom. The first-order chi connectivity index (χ1) is 13.5. The number of carbonyl (C=O) groups excluding carboxylic acids is 1. The normalized spacial score (nSPS) is 31.6. The summed E-state index contributed by atoms with van der Waals surface area (Å²) in [6.45, 7) is 4.42. The van der Waals surface area contributed by atoms with Crippen LogP contribution >= 0.6 is 23.2 Å². The minimum Gasteiger partial charge on any atom is -0.508 e. The van der Waals surface area contributed by atoms with Crippen LogP contribution in [0.5, 0.6) is 5.75 Å². The maximum Gasteiger partial charge on any atom is 0.139 e. The van der Waals surface area contributed by atoms with E-state index in [4.69, 9.17) is 23.2 Å². The maximum absolute atomic E-state index is 12.5. The van der Waals surface area contributed by atoms with Crippen molar-refractivity contribution in [3.05, 3.63) is 28.8 Å². The molecule has 4 rings (SSSR count). The molecule has 0 bridgehead atoms. The van der Waals surface area contributed by atoms with E-state index in [0.29, 0.717) is 47.6 Å². The molecule has 0 heterocycles. The summed E-state index contributed by atoms with van der Waals surface area (Å²) in [5.74, 6) is 3.67. The smallest absolute Gasteiger partial charge is 0.139 e. The number of fused-ring (bicyclic) bond motifs is 5. The molecule has 0 spiro atoms. The lowest BCUT2D eigenvalue weighted by atomic mass is 9.55. The van der Waals surface area contributed by atoms with Crippen molar-refractivity contribution in [2.24, 2.45) is 17.3 Å². The van der Waals surface area contributed by atoms with Gasteiger partial charge in [0, 0.05) is 48.8 Å². The predicted octanol–water partition coefficient (Wildman–Crippen LogP) is 5.10. The molecule has 28 heavy (non-hydrogen) atoms. The second kappa shape index (κ2) is 8.16. The van der Waals surface area contributed by atoms with Gasteiger partial charge in [0.15, 0.2) is 0 Å². The van der Waals surface area contributed by atoms with Crippen LogP contribution in [0.4, 0.5) is 0 Å². The van der Waals surface area contributed by atoms with Crippen LogP contribution < -0.4 is 0 Å². The number of carbonyl (C=O) groups is 1. The number of benzene rings is 1. The highest BCUT2D eigenvalue weighted by Gasteiger charge is 2.54. The van der Waals surface area contributed by atoms with Gasteiger partial charge in [-0.2, -0.15) is 0 Å². The number of rotatable bonds is 6. The van der Waals surface area contributed by atoms with Crippen molar-refractivity contribution < 1.29 is 9.90 Å². The number of Topliss-reactive ketones (excluding diaryl/α,β-unsaturated/α-hetero) is 1. The third kappa shape index (κ3) is 3.48. The van der Waals surface area contributed by atoms with Gasteiger partial charge >= 0.3 is 0 Å². The SMILES string of the molecule is C[C@@]12CC[C@@H]3c4cc(CN(CCCl)CCCl)c(O)cc4CC[C@@H]3[C@@H]1CCC2=O. The summed E-state index contributed by atoms with van der Waals surface area (Å²) >= 11 is 11.9. The molecule has 0 unspecified atom stereocenters. The van der Waals surface area contributed by atoms with E-state index in [-0.39, 0.29) is 5.41 Å². The van der Waals surface area contributed by atoms with Crippen LogP contribution in [0.2, 0.25) is 0 Å². The number of hydrogen-bond donors (Lipinski definition) is 1. The molecule has 154 valence electrons. The molecule has 0 radical (unpaired) electrons. The zero-order valence-electron chi connectivity index (χ0n) is 16.7. The lowest BCUT2D eigenvalue weighted by Crippen LogP contribution is -2.42. The summed E-state index contributed by atoms with van der Waals surface area (Å²) in [7, 11) is 0. The van der Waals surface area contributed by atoms with E-state index in [2.05, 4.69) is 17.9 Å². The fourth-order valence-corrected chi connectivity index (χ4v) is 6.78. The van der Waals surface area contributed by atoms with Crippen molar-refractivity contribution in [1.29, 1.82) is 0 Å². The fourth-order valence-electron chi connectivity index (χ4n) is 6.30. The maximum atomic E-state index is 12.5. The van der Waals surface area contributed by atoms with Gasteiger partial charge in [-0.3, -0.25) is 9.69 Å². The van der Waals surface area contributed by atoms with Crippen LogP contribution in [0.15, 0.2) is 12.1 Å². The third-order valence-corrected chi connectivity index (χ3v) is 8.17. The predicted molar refractivity (Wildman–Crippen MR) is 114 cm³/mol. The summed E-state index contributed by atoms with van der Waals surface area (Å²) in [6, 6.07) is 4.24. The topological polar surface area (TPSA) is 40.5 Å². The van der Waals surface area contributed by atoms with Crippen LogP contribution in [-0.2, 0) is 17.8 Å². The number of nitrogens with zero attached hydrogens (tertiary/aromatic N) is 1. The minimum absolute atomic E-state index is 0.0874. The first-order valence-corrected chi connectivity index (χ1v) is 11.8. The van der Waals surface area contributed by atoms with E-state index in [0.717, 1.165) is 57.2 Å². The Hall–Kier alpha value is -0.770. The Bertz CT molecular complexity index is 746. The van der Waals surface area contributed by atoms with Gasteiger partial charge in [-0.05, 0) is 67.1 Å². The van der Waals surface area contributed by atoms with E-state index >= 15 is 0 Å². The lowest BCUT2D eigenvalue weighted by Gasteiger charge is -2.48. The van der Waals surface area contributed by atoms with Gasteiger partial charge in [0.05, 0.1) is 0 Å². The van der Waals surface area contributed by atoms with Gasteiger partial charge in [-0.15, -0.1) is 23.2 Å². The van der Waals surface area contributed by atoms with Crippen molar-refractivity contribution in [3.8, 4) is 5.75 Å². The second-order valence-corrected chi connectivity index (χ2v) is 9.92. The number of aryl methyl sites for hydroxylation is 1. The largest absolute Gasteiger partial charge is 0.508 e. The number of alkyl halides is 2. The van der Waals surface area contributed by atoms with Gasteiger partial charge in [-0.1, -0.05) is 13.0 Å². The highest BCUT2D eigenvalue weighted by atomic mass is 35.5. The van der Waals surface area contributed by atoms with Crippen LogP contribution in [0.1, 0.15) is 61.6 Å². The van der Waals surface area contributed by atoms with Crippen LogP contribution in [0.3, 0.4) is 0 Å². The number of hydrogen-bond acceptors (Lipinski definition) is 3. The number of phenolic OH excluding ortho intramolecular Hbond substituents is 1. The Morgan fingerprint density at radius 1 is 1.14 bits per heavy atom. The molecule has 5 heteroatoms. The Balaban J connectivity index is 1.62. The summed E-state index contributed by atoms with van der Waals surface area (Å²) in [4.78, 5) is 14.7. The van der Waals surface area contributed by atoms with Crippen molar-refractivity contribution in [2.75, 3.05) is 24.8 Å². The molecular weight excluding hydrogens is 393 g/mol. The average molecular weight is 424 g/mol. The van der Waals surface area contributed by atoms with Crippen LogP contribution in [-0.4, -0.2) is 40.6 Å². The van der Waals surface area contributed by atoms with Crippen molar-refractivity contribution in [3.63, 3.8) is 0 Å². The fraction of sp³-hybridized carbons (Fsp3) is 0.696. The molecule has 2 saturated carbocycles. The summed E-state index contributed by atoms with van der Waals surface area (Å²) in [5.41, 5.74) is 3.61. The molecule has 2 fully saturated rings. The molecular formula is C23H31Cl2NO2. The first kappa shape index (κ1) is 20.5. The van der Waals surface area contributed by atoms with E-state index in [9.17, 15) is 9.90 Å². The zero-order chi connectivity index (χ0) is 19.9. The second-order valence-electron chi connectivity index (χ2n) is 9.17. The Labute approximate surface area is 178 Å². The molecule has 0 aromatic heterocycles. The van der Waals surface area contributed by atoms with Crippen LogP contribution in [0.25, 0.3) is 0 Å². The van der Waals surface area contributed by atoms with Gasteiger partial charge in [-0.25, -0.2) is 0 Å².